The van der Waals surface area contributed by atoms with Crippen LogP contribution in [0, 0.1) is 0 Å². The molecule has 1 aliphatic rings. The third-order valence-electron chi connectivity index (χ3n) is 3.46. The van der Waals surface area contributed by atoms with Gasteiger partial charge in [0, 0.05) is 11.6 Å². The van der Waals surface area contributed by atoms with E-state index in [2.05, 4.69) is 4.74 Å². The number of rotatable bonds is 4. The normalized spacial score (nSPS) is 14.2. The zero-order valence-electron chi connectivity index (χ0n) is 13.3. The Balaban J connectivity index is 2.40. The summed E-state index contributed by atoms with van der Waals surface area (Å²) in [6.45, 7) is 3.16. The van der Waals surface area contributed by atoms with Gasteiger partial charge in [0.05, 0.1) is 29.3 Å². The van der Waals surface area contributed by atoms with Gasteiger partial charge in [0.1, 0.15) is 5.75 Å². The second-order valence-electron chi connectivity index (χ2n) is 5.29. The molecule has 24 heavy (non-hydrogen) atoms. The first-order valence-electron chi connectivity index (χ1n) is 6.98. The van der Waals surface area contributed by atoms with Crippen molar-refractivity contribution in [1.82, 2.24) is 0 Å². The summed E-state index contributed by atoms with van der Waals surface area (Å²) in [6.07, 6.45) is 0.0124. The molecule has 0 spiro atoms. The molecule has 0 atom stereocenters. The predicted octanol–water partition coefficient (Wildman–Crippen LogP) is 3.14. The van der Waals surface area contributed by atoms with Gasteiger partial charge in [0.2, 0.25) is 5.91 Å². The van der Waals surface area contributed by atoms with Gasteiger partial charge in [-0.3, -0.25) is 9.59 Å². The number of ether oxygens (including phenoxy) is 2. The minimum atomic E-state index is -0.595. The monoisotopic (exact) mass is 371 g/mol. The van der Waals surface area contributed by atoms with E-state index in [1.807, 2.05) is 0 Å². The van der Waals surface area contributed by atoms with Crippen molar-refractivity contribution >= 4 is 46.7 Å². The zero-order chi connectivity index (χ0) is 18.0. The van der Waals surface area contributed by atoms with Crippen LogP contribution in [0.2, 0.25) is 10.0 Å². The molecule has 1 fully saturated rings. The van der Waals surface area contributed by atoms with Crippen molar-refractivity contribution < 1.29 is 23.9 Å². The molecule has 2 rings (SSSR count). The highest BCUT2D eigenvalue weighted by atomic mass is 35.5. The van der Waals surface area contributed by atoms with E-state index in [1.165, 1.54) is 19.2 Å². The summed E-state index contributed by atoms with van der Waals surface area (Å²) < 4.78 is 9.75. The largest absolute Gasteiger partial charge is 0.480 e. The number of hydrogen-bond donors (Lipinski definition) is 0. The summed E-state index contributed by atoms with van der Waals surface area (Å²) in [7, 11) is 1.23. The van der Waals surface area contributed by atoms with E-state index < -0.39 is 11.9 Å². The molecule has 0 aliphatic carbocycles. The van der Waals surface area contributed by atoms with E-state index in [-0.39, 0.29) is 40.4 Å². The number of carbonyl (C=O) groups excluding carboxylic acids is 3. The van der Waals surface area contributed by atoms with Crippen molar-refractivity contribution in [2.75, 3.05) is 18.6 Å². The Morgan fingerprint density at radius 2 is 1.88 bits per heavy atom. The van der Waals surface area contributed by atoms with Crippen LogP contribution in [0.4, 0.5) is 5.69 Å². The van der Waals surface area contributed by atoms with Gasteiger partial charge in [-0.1, -0.05) is 28.8 Å². The minimum Gasteiger partial charge on any atom is -0.480 e. The van der Waals surface area contributed by atoms with E-state index in [9.17, 15) is 14.4 Å². The number of carbonyl (C=O) groups is 3. The van der Waals surface area contributed by atoms with Crippen molar-refractivity contribution in [1.29, 1.82) is 0 Å². The van der Waals surface area contributed by atoms with Crippen LogP contribution in [0.25, 0.3) is 0 Å². The Bertz CT molecular complexity index is 753. The first kappa shape index (κ1) is 18.3. The maximum absolute atomic E-state index is 12.5. The second kappa shape index (κ2) is 7.23. The predicted molar refractivity (Wildman–Crippen MR) is 89.5 cm³/mol. The molecule has 0 aromatic heterocycles. The van der Waals surface area contributed by atoms with Crippen LogP contribution < -0.4 is 9.64 Å². The number of nitrogens with zero attached hydrogens (tertiary/aromatic N) is 1. The molecule has 0 unspecified atom stereocenters. The fourth-order valence-electron chi connectivity index (χ4n) is 2.18. The highest BCUT2D eigenvalue weighted by Gasteiger charge is 2.37. The van der Waals surface area contributed by atoms with Crippen molar-refractivity contribution in [2.24, 2.45) is 0 Å². The molecule has 1 aromatic rings. The van der Waals surface area contributed by atoms with Crippen LogP contribution in [0.1, 0.15) is 20.3 Å². The van der Waals surface area contributed by atoms with Crippen molar-refractivity contribution in [3.8, 4) is 5.75 Å². The highest BCUT2D eigenvalue weighted by molar-refractivity contribution is 6.39. The SMILES string of the molecule is COC(=O)COc1cc(N2C(=O)CC(=C(C)C)C2=O)c(Cl)cc1Cl. The summed E-state index contributed by atoms with van der Waals surface area (Å²) in [4.78, 5) is 36.9. The molecule has 2 amide bonds. The quantitative estimate of drug-likeness (QED) is 0.461. The summed E-state index contributed by atoms with van der Waals surface area (Å²) >= 11 is 12.2. The molecule has 1 aliphatic heterocycles. The molecular formula is C16H15Cl2NO5. The molecule has 128 valence electrons. The van der Waals surface area contributed by atoms with Crippen LogP contribution in [0.15, 0.2) is 23.3 Å². The van der Waals surface area contributed by atoms with Gasteiger partial charge >= 0.3 is 5.97 Å². The molecule has 6 nitrogen and oxygen atoms in total. The zero-order valence-corrected chi connectivity index (χ0v) is 14.8. The van der Waals surface area contributed by atoms with E-state index in [0.717, 1.165) is 10.5 Å². The number of esters is 1. The highest BCUT2D eigenvalue weighted by Crippen LogP contribution is 2.39. The third kappa shape index (κ3) is 3.55. The topological polar surface area (TPSA) is 72.9 Å². The number of halogens is 2. The van der Waals surface area contributed by atoms with Crippen LogP contribution in [-0.2, 0) is 19.1 Å². The number of anilines is 1. The average Bonchev–Trinajstić information content (AvgIpc) is 2.81. The number of hydrogen-bond acceptors (Lipinski definition) is 5. The van der Waals surface area contributed by atoms with Gasteiger partial charge in [-0.25, -0.2) is 9.69 Å². The summed E-state index contributed by atoms with van der Waals surface area (Å²) in [6, 6.07) is 2.71. The van der Waals surface area contributed by atoms with Crippen LogP contribution >= 0.6 is 23.2 Å². The molecule has 1 heterocycles. The lowest BCUT2D eigenvalue weighted by atomic mass is 10.1. The van der Waals surface area contributed by atoms with Crippen LogP contribution in [0.3, 0.4) is 0 Å². The third-order valence-corrected chi connectivity index (χ3v) is 4.06. The molecule has 0 saturated carbocycles. The Hall–Kier alpha value is -2.05. The second-order valence-corrected chi connectivity index (χ2v) is 6.10. The summed E-state index contributed by atoms with van der Waals surface area (Å²) in [5.74, 6) is -1.29. The summed E-state index contributed by atoms with van der Waals surface area (Å²) in [5, 5.41) is 0.274. The number of amides is 2. The van der Waals surface area contributed by atoms with E-state index >= 15 is 0 Å². The van der Waals surface area contributed by atoms with Crippen molar-refractivity contribution in [2.45, 2.75) is 20.3 Å². The first-order valence-corrected chi connectivity index (χ1v) is 7.74. The number of allylic oxidation sites excluding steroid dienone is 1. The number of methoxy groups -OCH3 is 1. The molecular weight excluding hydrogens is 357 g/mol. The fraction of sp³-hybridized carbons (Fsp3) is 0.312. The lowest BCUT2D eigenvalue weighted by molar-refractivity contribution is -0.143. The maximum atomic E-state index is 12.5. The van der Waals surface area contributed by atoms with Gasteiger partial charge in [-0.2, -0.15) is 0 Å². The molecule has 0 N–H and O–H groups in total. The Morgan fingerprint density at radius 1 is 1.21 bits per heavy atom. The van der Waals surface area contributed by atoms with E-state index in [0.29, 0.717) is 5.57 Å². The van der Waals surface area contributed by atoms with Gasteiger partial charge < -0.3 is 9.47 Å². The van der Waals surface area contributed by atoms with Gasteiger partial charge in [0.25, 0.3) is 5.91 Å². The maximum Gasteiger partial charge on any atom is 0.343 e. The van der Waals surface area contributed by atoms with E-state index in [4.69, 9.17) is 27.9 Å². The van der Waals surface area contributed by atoms with Gasteiger partial charge in [0.15, 0.2) is 6.61 Å². The Kier molecular flexibility index (Phi) is 5.51. The summed E-state index contributed by atoms with van der Waals surface area (Å²) in [5.41, 5.74) is 1.36. The van der Waals surface area contributed by atoms with Crippen LogP contribution in [0.5, 0.6) is 5.75 Å². The Morgan fingerprint density at radius 3 is 2.42 bits per heavy atom. The molecule has 1 saturated heterocycles. The first-order chi connectivity index (χ1) is 11.3. The Labute approximate surface area is 148 Å². The molecule has 0 bridgehead atoms. The standard InChI is InChI=1S/C16H15Cl2NO5/c1-8(2)9-4-14(20)19(16(9)22)12-6-13(11(18)5-10(12)17)24-7-15(21)23-3/h5-6H,4,7H2,1-3H3. The molecule has 1 aromatic carbocycles. The minimum absolute atomic E-state index is 0.0124. The molecule has 0 radical (unpaired) electrons. The van der Waals surface area contributed by atoms with Crippen LogP contribution in [-0.4, -0.2) is 31.5 Å². The van der Waals surface area contributed by atoms with Gasteiger partial charge in [-0.15, -0.1) is 0 Å². The lowest BCUT2D eigenvalue weighted by Crippen LogP contribution is -2.29. The average molecular weight is 372 g/mol. The molecule has 8 heteroatoms. The van der Waals surface area contributed by atoms with E-state index in [1.54, 1.807) is 13.8 Å². The van der Waals surface area contributed by atoms with Gasteiger partial charge in [-0.05, 0) is 19.9 Å². The van der Waals surface area contributed by atoms with Crippen molar-refractivity contribution in [3.63, 3.8) is 0 Å². The number of benzene rings is 1. The smallest absolute Gasteiger partial charge is 0.343 e. The lowest BCUT2D eigenvalue weighted by Gasteiger charge is -2.17. The fourth-order valence-corrected chi connectivity index (χ4v) is 2.71. The number of imide groups is 1. The van der Waals surface area contributed by atoms with Crippen molar-refractivity contribution in [3.05, 3.63) is 33.3 Å².